The minimum Gasteiger partial charge on any atom is -0.353 e. The Labute approximate surface area is 111 Å². The molecule has 1 amide bonds. The molecule has 1 saturated heterocycles. The van der Waals surface area contributed by atoms with E-state index in [9.17, 15) is 4.79 Å². The molecule has 2 fully saturated rings. The Balaban J connectivity index is 1.97. The van der Waals surface area contributed by atoms with E-state index in [2.05, 4.69) is 31.4 Å². The van der Waals surface area contributed by atoms with Gasteiger partial charge >= 0.3 is 0 Å². The number of amides is 1. The van der Waals surface area contributed by atoms with Crippen LogP contribution in [0.3, 0.4) is 0 Å². The number of carbonyl (C=O) groups is 1. The second-order valence-corrected chi connectivity index (χ2v) is 6.45. The van der Waals surface area contributed by atoms with Crippen molar-refractivity contribution in [3.05, 3.63) is 0 Å². The first-order valence-corrected chi connectivity index (χ1v) is 7.61. The molecule has 2 aliphatic rings. The van der Waals surface area contributed by atoms with Crippen LogP contribution in [0.1, 0.15) is 52.9 Å². The predicted molar refractivity (Wildman–Crippen MR) is 74.3 cm³/mol. The molecule has 18 heavy (non-hydrogen) atoms. The van der Waals surface area contributed by atoms with Crippen molar-refractivity contribution in [2.24, 2.45) is 17.3 Å². The molecule has 0 aromatic carbocycles. The third kappa shape index (κ3) is 2.56. The molecular weight excluding hydrogens is 224 g/mol. The summed E-state index contributed by atoms with van der Waals surface area (Å²) >= 11 is 0. The van der Waals surface area contributed by atoms with Crippen molar-refractivity contribution in [1.82, 2.24) is 10.6 Å². The topological polar surface area (TPSA) is 41.1 Å². The van der Waals surface area contributed by atoms with Gasteiger partial charge in [0.15, 0.2) is 0 Å². The smallest absolute Gasteiger partial charge is 0.227 e. The van der Waals surface area contributed by atoms with Gasteiger partial charge in [0, 0.05) is 12.6 Å². The van der Waals surface area contributed by atoms with E-state index in [1.165, 1.54) is 6.42 Å². The Morgan fingerprint density at radius 2 is 2.17 bits per heavy atom. The van der Waals surface area contributed by atoms with Gasteiger partial charge in [0.2, 0.25) is 5.91 Å². The molecule has 0 aromatic rings. The average Bonchev–Trinajstić information content (AvgIpc) is 2.93. The highest BCUT2D eigenvalue weighted by molar-refractivity contribution is 5.83. The van der Waals surface area contributed by atoms with E-state index in [-0.39, 0.29) is 5.41 Å². The van der Waals surface area contributed by atoms with Crippen LogP contribution in [0.5, 0.6) is 0 Å². The van der Waals surface area contributed by atoms with Crippen LogP contribution in [-0.4, -0.2) is 25.0 Å². The van der Waals surface area contributed by atoms with Crippen molar-refractivity contribution in [2.45, 2.75) is 58.9 Å². The Kier molecular flexibility index (Phi) is 4.31. The summed E-state index contributed by atoms with van der Waals surface area (Å²) in [5.74, 6) is 1.68. The van der Waals surface area contributed by atoms with Gasteiger partial charge in [-0.25, -0.2) is 0 Å². The fraction of sp³-hybridized carbons (Fsp3) is 0.933. The van der Waals surface area contributed by atoms with Gasteiger partial charge in [-0.05, 0) is 44.1 Å². The number of carbonyl (C=O) groups excluding carboxylic acids is 1. The lowest BCUT2D eigenvalue weighted by Crippen LogP contribution is -2.47. The van der Waals surface area contributed by atoms with Crippen LogP contribution < -0.4 is 10.6 Å². The van der Waals surface area contributed by atoms with E-state index in [1.807, 2.05) is 0 Å². The summed E-state index contributed by atoms with van der Waals surface area (Å²) in [6.45, 7) is 8.61. The van der Waals surface area contributed by atoms with Crippen molar-refractivity contribution in [2.75, 3.05) is 13.1 Å². The second-order valence-electron chi connectivity index (χ2n) is 6.45. The lowest BCUT2D eigenvalue weighted by Gasteiger charge is -2.30. The van der Waals surface area contributed by atoms with Crippen LogP contribution in [-0.2, 0) is 4.79 Å². The molecule has 4 unspecified atom stereocenters. The van der Waals surface area contributed by atoms with Gasteiger partial charge in [-0.2, -0.15) is 0 Å². The molecule has 1 aliphatic heterocycles. The van der Waals surface area contributed by atoms with Crippen LogP contribution >= 0.6 is 0 Å². The predicted octanol–water partition coefficient (Wildman–Crippen LogP) is 2.32. The van der Waals surface area contributed by atoms with Crippen molar-refractivity contribution in [3.63, 3.8) is 0 Å². The van der Waals surface area contributed by atoms with E-state index in [4.69, 9.17) is 0 Å². The van der Waals surface area contributed by atoms with Crippen LogP contribution in [0, 0.1) is 17.3 Å². The van der Waals surface area contributed by atoms with E-state index in [1.54, 1.807) is 0 Å². The molecule has 1 heterocycles. The lowest BCUT2D eigenvalue weighted by atomic mass is 9.81. The summed E-state index contributed by atoms with van der Waals surface area (Å²) in [5.41, 5.74) is -0.125. The van der Waals surface area contributed by atoms with Crippen molar-refractivity contribution in [3.8, 4) is 0 Å². The standard InChI is InChI=1S/C15H28N2O/c1-4-7-15(8-9-16-10-15)14(18)17-13-6-5-11(2)12(13)3/h11-13,16H,4-10H2,1-3H3,(H,17,18). The maximum absolute atomic E-state index is 12.6. The quantitative estimate of drug-likeness (QED) is 0.806. The Morgan fingerprint density at radius 1 is 1.39 bits per heavy atom. The van der Waals surface area contributed by atoms with Gasteiger partial charge in [-0.15, -0.1) is 0 Å². The zero-order valence-corrected chi connectivity index (χ0v) is 12.1. The maximum atomic E-state index is 12.6. The summed E-state index contributed by atoms with van der Waals surface area (Å²) in [6.07, 6.45) is 5.52. The average molecular weight is 252 g/mol. The first-order valence-electron chi connectivity index (χ1n) is 7.61. The van der Waals surface area contributed by atoms with Gasteiger partial charge in [-0.3, -0.25) is 4.79 Å². The van der Waals surface area contributed by atoms with Crippen molar-refractivity contribution >= 4 is 5.91 Å². The third-order valence-electron chi connectivity index (χ3n) is 5.24. The van der Waals surface area contributed by atoms with Crippen molar-refractivity contribution < 1.29 is 4.79 Å². The minimum absolute atomic E-state index is 0.125. The number of hydrogen-bond donors (Lipinski definition) is 2. The van der Waals surface area contributed by atoms with E-state index < -0.39 is 0 Å². The monoisotopic (exact) mass is 252 g/mol. The van der Waals surface area contributed by atoms with Gasteiger partial charge in [0.05, 0.1) is 5.41 Å². The van der Waals surface area contributed by atoms with Crippen molar-refractivity contribution in [1.29, 1.82) is 0 Å². The summed E-state index contributed by atoms with van der Waals surface area (Å²) in [7, 11) is 0. The minimum atomic E-state index is -0.125. The number of rotatable bonds is 4. The molecule has 1 saturated carbocycles. The van der Waals surface area contributed by atoms with Gasteiger partial charge in [-0.1, -0.05) is 27.2 Å². The molecule has 4 atom stereocenters. The Bertz CT molecular complexity index is 297. The normalized spacial score (nSPS) is 40.1. The first-order chi connectivity index (χ1) is 8.59. The van der Waals surface area contributed by atoms with E-state index >= 15 is 0 Å². The highest BCUT2D eigenvalue weighted by Crippen LogP contribution is 2.35. The van der Waals surface area contributed by atoms with Crippen LogP contribution in [0.2, 0.25) is 0 Å². The fourth-order valence-electron chi connectivity index (χ4n) is 3.63. The largest absolute Gasteiger partial charge is 0.353 e. The third-order valence-corrected chi connectivity index (χ3v) is 5.24. The van der Waals surface area contributed by atoms with E-state index in [0.717, 1.165) is 44.7 Å². The molecule has 3 heteroatoms. The number of hydrogen-bond acceptors (Lipinski definition) is 2. The molecule has 104 valence electrons. The molecule has 3 nitrogen and oxygen atoms in total. The number of nitrogens with one attached hydrogen (secondary N) is 2. The molecule has 2 rings (SSSR count). The molecule has 0 radical (unpaired) electrons. The Morgan fingerprint density at radius 3 is 2.67 bits per heavy atom. The lowest BCUT2D eigenvalue weighted by molar-refractivity contribution is -0.131. The summed E-state index contributed by atoms with van der Waals surface area (Å²) < 4.78 is 0. The molecule has 2 N–H and O–H groups in total. The maximum Gasteiger partial charge on any atom is 0.227 e. The fourth-order valence-corrected chi connectivity index (χ4v) is 3.63. The summed E-state index contributed by atoms with van der Waals surface area (Å²) in [5, 5.41) is 6.71. The zero-order chi connectivity index (χ0) is 13.2. The van der Waals surface area contributed by atoms with Gasteiger partial charge < -0.3 is 10.6 Å². The Hall–Kier alpha value is -0.570. The SMILES string of the molecule is CCCC1(C(=O)NC2CCC(C)C2C)CCNC1. The van der Waals surface area contributed by atoms with E-state index in [0.29, 0.717) is 17.9 Å². The molecular formula is C15H28N2O. The van der Waals surface area contributed by atoms with Gasteiger partial charge in [0.1, 0.15) is 0 Å². The van der Waals surface area contributed by atoms with Crippen LogP contribution in [0.25, 0.3) is 0 Å². The highest BCUT2D eigenvalue weighted by atomic mass is 16.2. The second kappa shape index (κ2) is 5.60. The molecule has 0 bridgehead atoms. The first kappa shape index (κ1) is 13.9. The molecule has 0 spiro atoms. The highest BCUT2D eigenvalue weighted by Gasteiger charge is 2.42. The van der Waals surface area contributed by atoms with Crippen LogP contribution in [0.4, 0.5) is 0 Å². The summed E-state index contributed by atoms with van der Waals surface area (Å²) in [4.78, 5) is 12.6. The molecule has 0 aromatic heterocycles. The van der Waals surface area contributed by atoms with Gasteiger partial charge in [0.25, 0.3) is 0 Å². The van der Waals surface area contributed by atoms with Crippen LogP contribution in [0.15, 0.2) is 0 Å². The summed E-state index contributed by atoms with van der Waals surface area (Å²) in [6, 6.07) is 0.404. The zero-order valence-electron chi connectivity index (χ0n) is 12.1. The molecule has 1 aliphatic carbocycles.